The topological polar surface area (TPSA) is 39.1 Å². The minimum Gasteiger partial charge on any atom is -0.482 e. The van der Waals surface area contributed by atoms with Crippen molar-refractivity contribution >= 4 is 5.69 Å². The number of hydrogen-bond acceptors (Lipinski definition) is 3. The molecule has 0 saturated carbocycles. The number of benzene rings is 1. The number of alkyl halides is 3. The van der Waals surface area contributed by atoms with Gasteiger partial charge in [-0.1, -0.05) is 12.1 Å². The molecule has 0 aliphatic carbocycles. The van der Waals surface area contributed by atoms with Gasteiger partial charge in [0, 0.05) is 24.8 Å². The Morgan fingerprint density at radius 3 is 2.62 bits per heavy atom. The smallest absolute Gasteiger partial charge is 0.422 e. The van der Waals surface area contributed by atoms with Crippen LogP contribution in [0.1, 0.15) is 11.3 Å². The maximum atomic E-state index is 12.2. The molecule has 2 aromatic rings. The van der Waals surface area contributed by atoms with E-state index in [0.29, 0.717) is 12.2 Å². The lowest BCUT2D eigenvalue weighted by atomic mass is 10.2. The van der Waals surface area contributed by atoms with E-state index in [0.717, 1.165) is 11.3 Å². The van der Waals surface area contributed by atoms with E-state index in [2.05, 4.69) is 10.4 Å². The summed E-state index contributed by atoms with van der Waals surface area (Å²) in [6.07, 6.45) is -2.63. The van der Waals surface area contributed by atoms with Crippen LogP contribution in [-0.2, 0) is 13.6 Å². The van der Waals surface area contributed by atoms with Crippen LogP contribution in [0.2, 0.25) is 0 Å². The average molecular weight is 299 g/mol. The van der Waals surface area contributed by atoms with Crippen LogP contribution >= 0.6 is 0 Å². The van der Waals surface area contributed by atoms with E-state index < -0.39 is 12.8 Å². The van der Waals surface area contributed by atoms with Gasteiger partial charge in [0.25, 0.3) is 0 Å². The molecule has 1 N–H and O–H groups in total. The molecular weight excluding hydrogens is 283 g/mol. The lowest BCUT2D eigenvalue weighted by Gasteiger charge is -2.14. The van der Waals surface area contributed by atoms with Crippen LogP contribution in [0.3, 0.4) is 0 Å². The van der Waals surface area contributed by atoms with Gasteiger partial charge in [-0.3, -0.25) is 4.68 Å². The number of halogens is 3. The summed E-state index contributed by atoms with van der Waals surface area (Å²) in [5.41, 5.74) is 2.49. The Balaban J connectivity index is 2.04. The molecule has 1 aromatic heterocycles. The summed E-state index contributed by atoms with van der Waals surface area (Å²) in [4.78, 5) is 0. The second-order valence-corrected chi connectivity index (χ2v) is 4.63. The zero-order valence-corrected chi connectivity index (χ0v) is 11.7. The zero-order chi connectivity index (χ0) is 15.5. The van der Waals surface area contributed by atoms with Gasteiger partial charge in [0.1, 0.15) is 5.75 Å². The average Bonchev–Trinajstić information content (AvgIpc) is 2.74. The molecule has 0 aliphatic heterocycles. The molecule has 0 radical (unpaired) electrons. The Labute approximate surface area is 120 Å². The molecule has 21 heavy (non-hydrogen) atoms. The van der Waals surface area contributed by atoms with Crippen molar-refractivity contribution in [2.45, 2.75) is 19.6 Å². The Kier molecular flexibility index (Phi) is 4.40. The Morgan fingerprint density at radius 1 is 1.29 bits per heavy atom. The maximum Gasteiger partial charge on any atom is 0.422 e. The fraction of sp³-hybridized carbons (Fsp3) is 0.357. The van der Waals surface area contributed by atoms with Gasteiger partial charge in [0.05, 0.1) is 11.9 Å². The van der Waals surface area contributed by atoms with Crippen molar-refractivity contribution in [1.29, 1.82) is 0 Å². The van der Waals surface area contributed by atoms with Gasteiger partial charge in [-0.15, -0.1) is 0 Å². The van der Waals surface area contributed by atoms with Gasteiger partial charge in [0.15, 0.2) is 6.61 Å². The lowest BCUT2D eigenvalue weighted by molar-refractivity contribution is -0.153. The maximum absolute atomic E-state index is 12.2. The number of nitrogens with zero attached hydrogens (tertiary/aromatic N) is 2. The first-order valence-corrected chi connectivity index (χ1v) is 6.37. The number of rotatable bonds is 5. The molecule has 1 aromatic carbocycles. The molecule has 0 saturated heterocycles. The monoisotopic (exact) mass is 299 g/mol. The highest BCUT2D eigenvalue weighted by molar-refractivity contribution is 5.56. The number of anilines is 1. The second-order valence-electron chi connectivity index (χ2n) is 4.63. The van der Waals surface area contributed by atoms with Gasteiger partial charge in [-0.2, -0.15) is 18.3 Å². The van der Waals surface area contributed by atoms with Gasteiger partial charge >= 0.3 is 6.18 Å². The molecule has 0 bridgehead atoms. The minimum absolute atomic E-state index is 0.177. The summed E-state index contributed by atoms with van der Waals surface area (Å²) in [6.45, 7) is 1.08. The van der Waals surface area contributed by atoms with Gasteiger partial charge in [-0.25, -0.2) is 0 Å². The number of para-hydroxylation sites is 2. The zero-order valence-electron chi connectivity index (χ0n) is 11.7. The molecule has 1 heterocycles. The predicted molar refractivity (Wildman–Crippen MR) is 73.3 cm³/mol. The molecule has 4 nitrogen and oxygen atoms in total. The van der Waals surface area contributed by atoms with E-state index in [4.69, 9.17) is 4.74 Å². The molecule has 0 spiro atoms. The van der Waals surface area contributed by atoms with E-state index in [1.807, 2.05) is 14.0 Å². The Morgan fingerprint density at radius 2 is 2.00 bits per heavy atom. The molecule has 114 valence electrons. The summed E-state index contributed by atoms with van der Waals surface area (Å²) in [5.74, 6) is 0.177. The first kappa shape index (κ1) is 15.2. The molecular formula is C14H16F3N3O. The minimum atomic E-state index is -4.35. The molecule has 0 fully saturated rings. The van der Waals surface area contributed by atoms with Gasteiger partial charge in [-0.05, 0) is 19.1 Å². The van der Waals surface area contributed by atoms with E-state index in [-0.39, 0.29) is 5.75 Å². The largest absolute Gasteiger partial charge is 0.482 e. The van der Waals surface area contributed by atoms with E-state index in [1.165, 1.54) is 6.07 Å². The van der Waals surface area contributed by atoms with Crippen LogP contribution < -0.4 is 10.1 Å². The Bertz CT molecular complexity index is 608. The third-order valence-electron chi connectivity index (χ3n) is 3.08. The molecule has 0 amide bonds. The van der Waals surface area contributed by atoms with Crippen molar-refractivity contribution in [3.8, 4) is 5.75 Å². The normalized spacial score (nSPS) is 11.5. The SMILES string of the molecule is Cc1c(CNc2ccccc2OCC(F)(F)F)cnn1C. The summed E-state index contributed by atoms with van der Waals surface area (Å²) < 4.78 is 43.2. The van der Waals surface area contributed by atoms with E-state index in [9.17, 15) is 13.2 Å². The molecule has 0 atom stereocenters. The standard InChI is InChI=1S/C14H16F3N3O/c1-10-11(8-19-20(10)2)7-18-12-5-3-4-6-13(12)21-9-14(15,16)17/h3-6,8,18H,7,9H2,1-2H3. The molecule has 0 unspecified atom stereocenters. The number of nitrogens with one attached hydrogen (secondary N) is 1. The fourth-order valence-corrected chi connectivity index (χ4v) is 1.81. The van der Waals surface area contributed by atoms with Crippen molar-refractivity contribution in [2.75, 3.05) is 11.9 Å². The van der Waals surface area contributed by atoms with Gasteiger partial charge < -0.3 is 10.1 Å². The summed E-state index contributed by atoms with van der Waals surface area (Å²) in [6, 6.07) is 6.55. The van der Waals surface area contributed by atoms with Crippen LogP contribution in [0.4, 0.5) is 18.9 Å². The van der Waals surface area contributed by atoms with Crippen molar-refractivity contribution in [1.82, 2.24) is 9.78 Å². The van der Waals surface area contributed by atoms with Crippen LogP contribution in [0, 0.1) is 6.92 Å². The van der Waals surface area contributed by atoms with Crippen molar-refractivity contribution in [2.24, 2.45) is 7.05 Å². The first-order valence-electron chi connectivity index (χ1n) is 6.37. The Hall–Kier alpha value is -2.18. The molecule has 7 heteroatoms. The van der Waals surface area contributed by atoms with Crippen LogP contribution in [0.5, 0.6) is 5.75 Å². The van der Waals surface area contributed by atoms with Crippen LogP contribution in [0.15, 0.2) is 30.5 Å². The van der Waals surface area contributed by atoms with Crippen LogP contribution in [0.25, 0.3) is 0 Å². The predicted octanol–water partition coefficient (Wildman–Crippen LogP) is 3.28. The van der Waals surface area contributed by atoms with Crippen molar-refractivity contribution in [3.05, 3.63) is 41.7 Å². The highest BCUT2D eigenvalue weighted by atomic mass is 19.4. The van der Waals surface area contributed by atoms with E-state index in [1.54, 1.807) is 29.1 Å². The van der Waals surface area contributed by atoms with Crippen molar-refractivity contribution in [3.63, 3.8) is 0 Å². The third-order valence-corrected chi connectivity index (χ3v) is 3.08. The summed E-state index contributed by atoms with van der Waals surface area (Å²) >= 11 is 0. The lowest BCUT2D eigenvalue weighted by Crippen LogP contribution is -2.19. The quantitative estimate of drug-likeness (QED) is 0.921. The second kappa shape index (κ2) is 6.07. The molecule has 2 rings (SSSR count). The number of aryl methyl sites for hydroxylation is 1. The van der Waals surface area contributed by atoms with Crippen LogP contribution in [-0.4, -0.2) is 22.6 Å². The molecule has 0 aliphatic rings. The third kappa shape index (κ3) is 4.14. The first-order chi connectivity index (χ1) is 9.87. The fourth-order valence-electron chi connectivity index (χ4n) is 1.81. The number of ether oxygens (including phenoxy) is 1. The number of aromatic nitrogens is 2. The van der Waals surface area contributed by atoms with Crippen molar-refractivity contribution < 1.29 is 17.9 Å². The van der Waals surface area contributed by atoms with E-state index >= 15 is 0 Å². The number of hydrogen-bond donors (Lipinski definition) is 1. The highest BCUT2D eigenvalue weighted by Gasteiger charge is 2.28. The summed E-state index contributed by atoms with van der Waals surface area (Å²) in [7, 11) is 1.83. The van der Waals surface area contributed by atoms with Gasteiger partial charge in [0.2, 0.25) is 0 Å². The summed E-state index contributed by atoms with van der Waals surface area (Å²) in [5, 5.41) is 7.19. The highest BCUT2D eigenvalue weighted by Crippen LogP contribution is 2.26.